The third kappa shape index (κ3) is 3.76. The van der Waals surface area contributed by atoms with E-state index in [-0.39, 0.29) is 36.2 Å². The summed E-state index contributed by atoms with van der Waals surface area (Å²) in [6, 6.07) is 4.27. The number of likely N-dealkylation sites (tertiary alicyclic amines) is 1. The van der Waals surface area contributed by atoms with Gasteiger partial charge in [-0.3, -0.25) is 14.4 Å². The van der Waals surface area contributed by atoms with Crippen LogP contribution in [0.5, 0.6) is 0 Å². The Morgan fingerprint density at radius 3 is 2.42 bits per heavy atom. The van der Waals surface area contributed by atoms with E-state index in [9.17, 15) is 19.5 Å². The van der Waals surface area contributed by atoms with E-state index in [1.54, 1.807) is 0 Å². The maximum absolute atomic E-state index is 14.2. The second-order valence-corrected chi connectivity index (χ2v) is 11.5. The Labute approximate surface area is 214 Å². The number of aliphatic hydroxyl groups is 1. The number of aryl methyl sites for hydroxylation is 2. The molecule has 3 fully saturated rings. The van der Waals surface area contributed by atoms with Gasteiger partial charge in [-0.2, -0.15) is 0 Å². The lowest BCUT2D eigenvalue weighted by molar-refractivity contribution is -0.150. The number of carbonyl (C=O) groups excluding carboxylic acids is 3. The molecule has 4 rings (SSSR count). The molecule has 3 unspecified atom stereocenters. The van der Waals surface area contributed by atoms with Crippen molar-refractivity contribution in [2.75, 3.05) is 18.5 Å². The van der Waals surface area contributed by atoms with E-state index < -0.39 is 35.1 Å². The van der Waals surface area contributed by atoms with Gasteiger partial charge in [0.1, 0.15) is 11.6 Å². The third-order valence-corrected chi connectivity index (χ3v) is 8.88. The molecule has 3 aliphatic rings. The number of benzene rings is 1. The Kier molecular flexibility index (Phi) is 6.99. The average Bonchev–Trinajstić information content (AvgIpc) is 3.32. The molecular formula is C28H41N3O5. The lowest BCUT2D eigenvalue weighted by Gasteiger charge is -2.38. The summed E-state index contributed by atoms with van der Waals surface area (Å²) in [6.07, 6.45) is 1.28. The molecule has 3 heterocycles. The maximum Gasteiger partial charge on any atom is 0.250 e. The second-order valence-electron chi connectivity index (χ2n) is 11.5. The van der Waals surface area contributed by atoms with Gasteiger partial charge in [0.2, 0.25) is 17.7 Å². The Hall–Kier alpha value is -2.45. The van der Waals surface area contributed by atoms with Crippen molar-refractivity contribution in [1.29, 1.82) is 0 Å². The van der Waals surface area contributed by atoms with Crippen molar-refractivity contribution >= 4 is 23.4 Å². The number of amides is 3. The Morgan fingerprint density at radius 2 is 1.86 bits per heavy atom. The van der Waals surface area contributed by atoms with Gasteiger partial charge in [0.25, 0.3) is 0 Å². The molecule has 0 saturated carbocycles. The molecule has 36 heavy (non-hydrogen) atoms. The smallest absolute Gasteiger partial charge is 0.250 e. The maximum atomic E-state index is 14.2. The molecule has 0 aliphatic carbocycles. The molecule has 3 aliphatic heterocycles. The summed E-state index contributed by atoms with van der Waals surface area (Å²) >= 11 is 0. The first-order valence-electron chi connectivity index (χ1n) is 13.2. The van der Waals surface area contributed by atoms with E-state index >= 15 is 0 Å². The first kappa shape index (κ1) is 26.6. The highest BCUT2D eigenvalue weighted by atomic mass is 16.5. The highest BCUT2D eigenvalue weighted by Crippen LogP contribution is 2.65. The number of nitrogens with zero attached hydrogens (tertiary/aromatic N) is 1. The lowest BCUT2D eigenvalue weighted by atomic mass is 9.62. The summed E-state index contributed by atoms with van der Waals surface area (Å²) < 4.78 is 6.74. The van der Waals surface area contributed by atoms with Gasteiger partial charge in [0.05, 0.1) is 30.1 Å². The highest BCUT2D eigenvalue weighted by Gasteiger charge is 2.80. The lowest BCUT2D eigenvalue weighted by Crippen LogP contribution is -2.57. The van der Waals surface area contributed by atoms with E-state index in [0.717, 1.165) is 17.5 Å². The van der Waals surface area contributed by atoms with Crippen molar-refractivity contribution in [2.24, 2.45) is 23.7 Å². The molecule has 1 spiro atoms. The van der Waals surface area contributed by atoms with E-state index in [2.05, 4.69) is 10.6 Å². The third-order valence-electron chi connectivity index (χ3n) is 8.88. The van der Waals surface area contributed by atoms with Crippen LogP contribution < -0.4 is 10.6 Å². The van der Waals surface area contributed by atoms with E-state index in [4.69, 9.17) is 4.74 Å². The van der Waals surface area contributed by atoms with Crippen LogP contribution in [0, 0.1) is 37.5 Å². The minimum atomic E-state index is -1.14. The predicted molar refractivity (Wildman–Crippen MR) is 137 cm³/mol. The zero-order valence-corrected chi connectivity index (χ0v) is 22.6. The molecule has 3 saturated heterocycles. The minimum absolute atomic E-state index is 0.0269. The van der Waals surface area contributed by atoms with Crippen molar-refractivity contribution in [3.63, 3.8) is 0 Å². The predicted octanol–water partition coefficient (Wildman–Crippen LogP) is 2.80. The number of fused-ring (bicyclic) bond motifs is 1. The largest absolute Gasteiger partial charge is 0.394 e. The quantitative estimate of drug-likeness (QED) is 0.510. The van der Waals surface area contributed by atoms with Crippen LogP contribution in [0.3, 0.4) is 0 Å². The molecule has 7 atom stereocenters. The van der Waals surface area contributed by atoms with Crippen LogP contribution in [0.25, 0.3) is 0 Å². The number of hydrogen-bond acceptors (Lipinski definition) is 5. The van der Waals surface area contributed by atoms with E-state index in [1.807, 2.05) is 66.7 Å². The van der Waals surface area contributed by atoms with Gasteiger partial charge in [-0.05, 0) is 56.6 Å². The fourth-order valence-electron chi connectivity index (χ4n) is 6.91. The van der Waals surface area contributed by atoms with Crippen LogP contribution in [0.2, 0.25) is 0 Å². The van der Waals surface area contributed by atoms with Gasteiger partial charge in [0.15, 0.2) is 0 Å². The average molecular weight is 500 g/mol. The Morgan fingerprint density at radius 1 is 1.22 bits per heavy atom. The Balaban J connectivity index is 1.83. The fraction of sp³-hybridized carbons (Fsp3) is 0.679. The van der Waals surface area contributed by atoms with Gasteiger partial charge in [-0.25, -0.2) is 0 Å². The molecule has 2 bridgehead atoms. The van der Waals surface area contributed by atoms with Crippen LogP contribution in [-0.4, -0.2) is 64.2 Å². The van der Waals surface area contributed by atoms with Crippen LogP contribution >= 0.6 is 0 Å². The molecule has 0 aromatic heterocycles. The highest BCUT2D eigenvalue weighted by molar-refractivity contribution is 6.04. The summed E-state index contributed by atoms with van der Waals surface area (Å²) in [7, 11) is 0. The zero-order chi connectivity index (χ0) is 26.6. The number of carbonyl (C=O) groups is 3. The van der Waals surface area contributed by atoms with Crippen molar-refractivity contribution in [1.82, 2.24) is 10.2 Å². The number of aliphatic hydroxyl groups excluding tert-OH is 1. The van der Waals surface area contributed by atoms with Gasteiger partial charge < -0.3 is 25.4 Å². The minimum Gasteiger partial charge on any atom is -0.394 e. The van der Waals surface area contributed by atoms with Gasteiger partial charge in [0, 0.05) is 12.2 Å². The molecule has 8 nitrogen and oxygen atoms in total. The van der Waals surface area contributed by atoms with Gasteiger partial charge in [-0.15, -0.1) is 0 Å². The molecule has 0 radical (unpaired) electrons. The number of hydrogen-bond donors (Lipinski definition) is 3. The number of anilines is 1. The summed E-state index contributed by atoms with van der Waals surface area (Å²) in [5.41, 5.74) is 0.564. The van der Waals surface area contributed by atoms with Gasteiger partial charge >= 0.3 is 0 Å². The second kappa shape index (κ2) is 9.45. The van der Waals surface area contributed by atoms with Crippen LogP contribution in [0.4, 0.5) is 5.69 Å². The summed E-state index contributed by atoms with van der Waals surface area (Å²) in [4.78, 5) is 43.3. The SMILES string of the molecule is CCCNC(=O)[C@H]1[C@H]2C(=O)N([C@@H](CO)C(C)C)C(C(=O)Nc3c(C)cccc3C)C23CC(C)[C@]1(C)O3. The number of rotatable bonds is 8. The van der Waals surface area contributed by atoms with Crippen molar-refractivity contribution < 1.29 is 24.2 Å². The number of nitrogens with one attached hydrogen (secondary N) is 2. The summed E-state index contributed by atoms with van der Waals surface area (Å²) in [6.45, 7) is 13.9. The number of ether oxygens (including phenoxy) is 1. The summed E-state index contributed by atoms with van der Waals surface area (Å²) in [5.74, 6) is -2.43. The van der Waals surface area contributed by atoms with Crippen molar-refractivity contribution in [3.8, 4) is 0 Å². The molecule has 3 amide bonds. The first-order valence-corrected chi connectivity index (χ1v) is 13.2. The van der Waals surface area contributed by atoms with Crippen LogP contribution in [-0.2, 0) is 19.1 Å². The summed E-state index contributed by atoms with van der Waals surface area (Å²) in [5, 5.41) is 16.4. The number of para-hydroxylation sites is 1. The molecule has 8 heteroatoms. The van der Waals surface area contributed by atoms with Crippen LogP contribution in [0.15, 0.2) is 18.2 Å². The van der Waals surface area contributed by atoms with Crippen molar-refractivity contribution in [2.45, 2.75) is 84.6 Å². The fourth-order valence-corrected chi connectivity index (χ4v) is 6.91. The van der Waals surface area contributed by atoms with Crippen LogP contribution in [0.1, 0.15) is 58.6 Å². The molecule has 3 N–H and O–H groups in total. The standard InChI is InChI=1S/C28H41N3O5/c1-8-12-29-24(33)20-21-26(35)31(19(14-32)15(2)3)23(28(21)13-18(6)27(20,7)36-28)25(34)30-22-16(4)10-9-11-17(22)5/h9-11,15,18-21,23,32H,8,12-14H2,1-7H3,(H,29,33)(H,30,34)/t18?,19-,20+,21-,23?,27-,28?/m0/s1. The topological polar surface area (TPSA) is 108 Å². The van der Waals surface area contributed by atoms with Gasteiger partial charge in [-0.1, -0.05) is 45.9 Å². The van der Waals surface area contributed by atoms with E-state index in [0.29, 0.717) is 18.7 Å². The Bertz CT molecular complexity index is 1040. The van der Waals surface area contributed by atoms with E-state index in [1.165, 1.54) is 4.90 Å². The molecular weight excluding hydrogens is 458 g/mol. The monoisotopic (exact) mass is 499 g/mol. The molecule has 1 aromatic rings. The normalized spacial score (nSPS) is 33.7. The zero-order valence-electron chi connectivity index (χ0n) is 22.6. The first-order chi connectivity index (χ1) is 16.9. The molecule has 1 aromatic carbocycles. The molecule has 198 valence electrons. The van der Waals surface area contributed by atoms with Crippen molar-refractivity contribution in [3.05, 3.63) is 29.3 Å².